The third-order valence-corrected chi connectivity index (χ3v) is 4.96. The fourth-order valence-corrected chi connectivity index (χ4v) is 3.95. The van der Waals surface area contributed by atoms with E-state index in [1.165, 1.54) is 0 Å². The van der Waals surface area contributed by atoms with Crippen molar-refractivity contribution in [3.8, 4) is 6.07 Å². The molecule has 1 heterocycles. The lowest BCUT2D eigenvalue weighted by molar-refractivity contribution is -0.129. The molecular formula is C18H20N2O2. The number of aliphatic hydroxyl groups is 1. The number of nitrogens with zero attached hydrogens (tertiary/aromatic N) is 2. The van der Waals surface area contributed by atoms with Gasteiger partial charge < -0.3 is 10.0 Å². The first kappa shape index (κ1) is 14.8. The number of hydrogen-bond donors (Lipinski definition) is 1. The van der Waals surface area contributed by atoms with Crippen molar-refractivity contribution >= 4 is 11.6 Å². The van der Waals surface area contributed by atoms with E-state index in [1.54, 1.807) is 18.0 Å². The number of rotatable bonds is 0. The third kappa shape index (κ3) is 1.97. The highest BCUT2D eigenvalue weighted by Gasteiger charge is 2.52. The molecule has 1 aliphatic heterocycles. The van der Waals surface area contributed by atoms with Crippen LogP contribution in [0.5, 0.6) is 0 Å². The molecule has 2 unspecified atom stereocenters. The van der Waals surface area contributed by atoms with Crippen molar-refractivity contribution in [1.29, 1.82) is 5.26 Å². The van der Waals surface area contributed by atoms with Crippen LogP contribution in [-0.2, 0) is 11.2 Å². The molecule has 114 valence electrons. The molecule has 0 bridgehead atoms. The minimum atomic E-state index is -0.821. The normalized spacial score (nSPS) is 29.8. The minimum Gasteiger partial charge on any atom is -0.387 e. The van der Waals surface area contributed by atoms with Crippen LogP contribution in [0.15, 0.2) is 35.9 Å². The van der Waals surface area contributed by atoms with Gasteiger partial charge in [0.15, 0.2) is 0 Å². The number of anilines is 1. The molecule has 4 nitrogen and oxygen atoms in total. The maximum absolute atomic E-state index is 13.0. The van der Waals surface area contributed by atoms with Crippen molar-refractivity contribution in [3.63, 3.8) is 0 Å². The Balaban J connectivity index is 2.17. The number of para-hydroxylation sites is 1. The fourth-order valence-electron chi connectivity index (χ4n) is 3.95. The van der Waals surface area contributed by atoms with Crippen molar-refractivity contribution in [1.82, 2.24) is 0 Å². The third-order valence-electron chi connectivity index (χ3n) is 4.96. The van der Waals surface area contributed by atoms with Crippen molar-refractivity contribution in [2.24, 2.45) is 10.8 Å². The van der Waals surface area contributed by atoms with Crippen molar-refractivity contribution in [2.45, 2.75) is 32.8 Å². The molecule has 2 atom stereocenters. The lowest BCUT2D eigenvalue weighted by Crippen LogP contribution is -2.52. The van der Waals surface area contributed by atoms with Crippen LogP contribution in [0, 0.1) is 22.2 Å². The monoisotopic (exact) mass is 296 g/mol. The molecule has 22 heavy (non-hydrogen) atoms. The molecule has 3 rings (SSSR count). The Hall–Kier alpha value is -2.12. The Morgan fingerprint density at radius 3 is 2.73 bits per heavy atom. The second kappa shape index (κ2) is 4.69. The standard InChI is InChI=1S/C18H20N2O2/c1-17(2)11-18(9-13(10-19)15(17)21)8-12-6-4-5-7-14(12)20(3)16(18)22/h4-7,9,15,21H,8,11H2,1-3H3. The van der Waals surface area contributed by atoms with E-state index >= 15 is 0 Å². The zero-order valence-electron chi connectivity index (χ0n) is 13.1. The summed E-state index contributed by atoms with van der Waals surface area (Å²) in [6.07, 6.45) is 1.99. The first-order valence-electron chi connectivity index (χ1n) is 7.48. The van der Waals surface area contributed by atoms with Gasteiger partial charge in [-0.2, -0.15) is 5.26 Å². The van der Waals surface area contributed by atoms with Gasteiger partial charge in [0, 0.05) is 12.7 Å². The molecule has 1 aliphatic carbocycles. The second-order valence-electron chi connectivity index (χ2n) is 7.11. The number of aliphatic hydroxyl groups excluding tert-OH is 1. The van der Waals surface area contributed by atoms with E-state index in [9.17, 15) is 15.2 Å². The van der Waals surface area contributed by atoms with Crippen molar-refractivity contribution < 1.29 is 9.90 Å². The predicted molar refractivity (Wildman–Crippen MR) is 84.1 cm³/mol. The Morgan fingerprint density at radius 2 is 2.05 bits per heavy atom. The average molecular weight is 296 g/mol. The molecular weight excluding hydrogens is 276 g/mol. The molecule has 0 fully saturated rings. The number of hydrogen-bond acceptors (Lipinski definition) is 3. The minimum absolute atomic E-state index is 0.000995. The molecule has 0 saturated heterocycles. The summed E-state index contributed by atoms with van der Waals surface area (Å²) in [4.78, 5) is 14.7. The molecule has 0 aromatic heterocycles. The summed E-state index contributed by atoms with van der Waals surface area (Å²) in [5, 5.41) is 19.7. The Kier molecular flexibility index (Phi) is 3.15. The van der Waals surface area contributed by atoms with Crippen LogP contribution in [-0.4, -0.2) is 24.2 Å². The molecule has 1 spiro atoms. The molecule has 4 heteroatoms. The van der Waals surface area contributed by atoms with Gasteiger partial charge in [0.05, 0.1) is 23.2 Å². The Labute approximate surface area is 130 Å². The SMILES string of the molecule is CN1C(=O)C2(C=C(C#N)C(O)C(C)(C)C2)Cc2ccccc21. The summed E-state index contributed by atoms with van der Waals surface area (Å²) in [5.74, 6) is -0.000995. The second-order valence-corrected chi connectivity index (χ2v) is 7.11. The van der Waals surface area contributed by atoms with E-state index in [1.807, 2.05) is 38.1 Å². The number of carbonyl (C=O) groups is 1. The summed E-state index contributed by atoms with van der Waals surface area (Å²) >= 11 is 0. The van der Waals surface area contributed by atoms with Crippen LogP contribution in [0.2, 0.25) is 0 Å². The van der Waals surface area contributed by atoms with Gasteiger partial charge in [0.25, 0.3) is 0 Å². The summed E-state index contributed by atoms with van der Waals surface area (Å²) in [6.45, 7) is 3.83. The predicted octanol–water partition coefficient (Wildman–Crippen LogP) is 2.43. The van der Waals surface area contributed by atoms with Gasteiger partial charge in [-0.05, 0) is 29.9 Å². The number of nitriles is 1. The van der Waals surface area contributed by atoms with Gasteiger partial charge in [0.2, 0.25) is 5.91 Å². The zero-order valence-corrected chi connectivity index (χ0v) is 13.1. The first-order chi connectivity index (χ1) is 10.3. The van der Waals surface area contributed by atoms with Crippen LogP contribution in [0.4, 0.5) is 5.69 Å². The highest BCUT2D eigenvalue weighted by Crippen LogP contribution is 2.50. The summed E-state index contributed by atoms with van der Waals surface area (Å²) < 4.78 is 0. The van der Waals surface area contributed by atoms with Gasteiger partial charge in [-0.25, -0.2) is 0 Å². The largest absolute Gasteiger partial charge is 0.387 e. The molecule has 1 amide bonds. The average Bonchev–Trinajstić information content (AvgIpc) is 2.48. The van der Waals surface area contributed by atoms with Crippen molar-refractivity contribution in [2.75, 3.05) is 11.9 Å². The van der Waals surface area contributed by atoms with Crippen LogP contribution in [0.3, 0.4) is 0 Å². The van der Waals surface area contributed by atoms with E-state index in [0.717, 1.165) is 11.3 Å². The van der Waals surface area contributed by atoms with E-state index < -0.39 is 16.9 Å². The molecule has 2 aliphatic rings. The van der Waals surface area contributed by atoms with Crippen LogP contribution >= 0.6 is 0 Å². The Morgan fingerprint density at radius 1 is 1.36 bits per heavy atom. The number of carbonyl (C=O) groups excluding carboxylic acids is 1. The van der Waals surface area contributed by atoms with Gasteiger partial charge in [-0.1, -0.05) is 38.1 Å². The van der Waals surface area contributed by atoms with Gasteiger partial charge in [0.1, 0.15) is 0 Å². The van der Waals surface area contributed by atoms with E-state index in [-0.39, 0.29) is 5.91 Å². The molecule has 1 aromatic carbocycles. The zero-order chi connectivity index (χ0) is 16.1. The fraction of sp³-hybridized carbons (Fsp3) is 0.444. The van der Waals surface area contributed by atoms with E-state index in [4.69, 9.17) is 0 Å². The van der Waals surface area contributed by atoms with E-state index in [0.29, 0.717) is 18.4 Å². The van der Waals surface area contributed by atoms with Crippen LogP contribution in [0.25, 0.3) is 0 Å². The highest BCUT2D eigenvalue weighted by molar-refractivity contribution is 6.01. The van der Waals surface area contributed by atoms with Gasteiger partial charge in [-0.15, -0.1) is 0 Å². The smallest absolute Gasteiger partial charge is 0.237 e. The van der Waals surface area contributed by atoms with Crippen LogP contribution in [0.1, 0.15) is 25.8 Å². The van der Waals surface area contributed by atoms with Crippen molar-refractivity contribution in [3.05, 3.63) is 41.5 Å². The van der Waals surface area contributed by atoms with Crippen LogP contribution < -0.4 is 4.90 Å². The summed E-state index contributed by atoms with van der Waals surface area (Å²) in [7, 11) is 1.78. The molecule has 1 aromatic rings. The topological polar surface area (TPSA) is 64.3 Å². The maximum atomic E-state index is 13.0. The number of amides is 1. The number of benzene rings is 1. The Bertz CT molecular complexity index is 714. The molecule has 0 radical (unpaired) electrons. The molecule has 0 saturated carbocycles. The summed E-state index contributed by atoms with van der Waals surface area (Å²) in [5.41, 5.74) is 1.08. The van der Waals surface area contributed by atoms with E-state index in [2.05, 4.69) is 6.07 Å². The lowest BCUT2D eigenvalue weighted by atomic mass is 9.60. The molecule has 1 N–H and O–H groups in total. The van der Waals surface area contributed by atoms with Gasteiger partial charge in [-0.3, -0.25) is 4.79 Å². The van der Waals surface area contributed by atoms with Gasteiger partial charge >= 0.3 is 0 Å². The first-order valence-corrected chi connectivity index (χ1v) is 7.48. The number of fused-ring (bicyclic) bond motifs is 1. The highest BCUT2D eigenvalue weighted by atomic mass is 16.3. The lowest BCUT2D eigenvalue weighted by Gasteiger charge is -2.47. The quantitative estimate of drug-likeness (QED) is 0.799. The maximum Gasteiger partial charge on any atom is 0.237 e. The summed E-state index contributed by atoms with van der Waals surface area (Å²) in [6, 6.07) is 9.94.